The summed E-state index contributed by atoms with van der Waals surface area (Å²) >= 11 is 0. The molecule has 0 radical (unpaired) electrons. The molecule has 0 aliphatic carbocycles. The van der Waals surface area contributed by atoms with Gasteiger partial charge in [-0.05, 0) is 68.8 Å². The third-order valence-electron chi connectivity index (χ3n) is 5.86. The number of anilines is 1. The summed E-state index contributed by atoms with van der Waals surface area (Å²) in [4.78, 5) is 17.2. The molecule has 2 heterocycles. The lowest BCUT2D eigenvalue weighted by molar-refractivity contribution is 0.0929. The first-order valence-electron chi connectivity index (χ1n) is 12.2. The lowest BCUT2D eigenvalue weighted by atomic mass is 10.0. The number of amides is 1. The van der Waals surface area contributed by atoms with Gasteiger partial charge in [0.15, 0.2) is 0 Å². The predicted octanol–water partition coefficient (Wildman–Crippen LogP) is 5.40. The summed E-state index contributed by atoms with van der Waals surface area (Å²) in [5.41, 5.74) is 4.91. The molecule has 4 N–H and O–H groups in total. The van der Waals surface area contributed by atoms with Crippen LogP contribution in [0, 0.1) is 12.3 Å². The summed E-state index contributed by atoms with van der Waals surface area (Å²) in [7, 11) is 1.81. The van der Waals surface area contributed by atoms with Crippen LogP contribution in [0.2, 0.25) is 0 Å². The molecule has 1 fully saturated rings. The van der Waals surface area contributed by atoms with Crippen molar-refractivity contribution in [1.82, 2.24) is 15.6 Å². The summed E-state index contributed by atoms with van der Waals surface area (Å²) in [6.07, 6.45) is 4.93. The van der Waals surface area contributed by atoms with E-state index >= 15 is 0 Å². The van der Waals surface area contributed by atoms with Gasteiger partial charge in [-0.15, -0.1) is 0 Å². The van der Waals surface area contributed by atoms with E-state index in [9.17, 15) is 4.79 Å². The van der Waals surface area contributed by atoms with E-state index in [1.54, 1.807) is 12.3 Å². The Balaban J connectivity index is 0.00000167. The number of pyridine rings is 1. The molecule has 35 heavy (non-hydrogen) atoms. The van der Waals surface area contributed by atoms with Crippen LogP contribution in [-0.4, -0.2) is 43.3 Å². The van der Waals surface area contributed by atoms with Crippen LogP contribution < -0.4 is 20.7 Å². The smallest absolute Gasteiger partial charge is 0.251 e. The lowest BCUT2D eigenvalue weighted by Gasteiger charge is -2.24. The van der Waals surface area contributed by atoms with Crippen LogP contribution in [0.25, 0.3) is 11.3 Å². The van der Waals surface area contributed by atoms with Crippen LogP contribution >= 0.6 is 0 Å². The van der Waals surface area contributed by atoms with Crippen LogP contribution in [0.1, 0.15) is 48.2 Å². The maximum absolute atomic E-state index is 12.8. The summed E-state index contributed by atoms with van der Waals surface area (Å²) in [5.74, 6) is 1.31. The Hall–Kier alpha value is -3.71. The second-order valence-electron chi connectivity index (χ2n) is 8.15. The van der Waals surface area contributed by atoms with Gasteiger partial charge in [-0.25, -0.2) is 0 Å². The van der Waals surface area contributed by atoms with Gasteiger partial charge in [0.25, 0.3) is 5.91 Å². The van der Waals surface area contributed by atoms with E-state index < -0.39 is 0 Å². The molecule has 0 bridgehead atoms. The number of carbonyl (C=O) groups excluding carboxylic acids is 1. The van der Waals surface area contributed by atoms with Crippen molar-refractivity contribution in [2.24, 2.45) is 0 Å². The molecule has 7 nitrogen and oxygen atoms in total. The normalized spacial score (nSPS) is 13.3. The SMILES string of the molecule is CC.CNc1cc(Oc2ccnc(-c3ccc(C(=O)NC4CCNCC4)c(C)c3)c2)ccc1C=N. The quantitative estimate of drug-likeness (QED) is 0.345. The molecule has 0 saturated carbocycles. The fourth-order valence-corrected chi connectivity index (χ4v) is 4.02. The number of aromatic nitrogens is 1. The molecule has 2 aromatic carbocycles. The van der Waals surface area contributed by atoms with Gasteiger partial charge in [0.1, 0.15) is 11.5 Å². The lowest BCUT2D eigenvalue weighted by Crippen LogP contribution is -2.42. The summed E-state index contributed by atoms with van der Waals surface area (Å²) in [6, 6.07) is 15.2. The minimum atomic E-state index is -0.0234. The zero-order valence-electron chi connectivity index (χ0n) is 20.9. The third-order valence-corrected chi connectivity index (χ3v) is 5.86. The van der Waals surface area contributed by atoms with Crippen molar-refractivity contribution in [2.45, 2.75) is 39.7 Å². The zero-order valence-corrected chi connectivity index (χ0v) is 20.9. The summed E-state index contributed by atoms with van der Waals surface area (Å²) in [6.45, 7) is 7.83. The molecule has 7 heteroatoms. The number of nitrogens with one attached hydrogen (secondary N) is 4. The van der Waals surface area contributed by atoms with Crippen LogP contribution in [0.5, 0.6) is 11.5 Å². The first-order chi connectivity index (χ1) is 17.1. The first-order valence-corrected chi connectivity index (χ1v) is 12.2. The minimum Gasteiger partial charge on any atom is -0.457 e. The fourth-order valence-electron chi connectivity index (χ4n) is 4.02. The molecule has 1 saturated heterocycles. The Morgan fingerprint density at radius 3 is 2.51 bits per heavy atom. The van der Waals surface area contributed by atoms with Gasteiger partial charge in [0.05, 0.1) is 5.69 Å². The van der Waals surface area contributed by atoms with Crippen LogP contribution in [0.15, 0.2) is 54.7 Å². The number of nitrogens with zero attached hydrogens (tertiary/aromatic N) is 1. The van der Waals surface area contributed by atoms with Crippen LogP contribution in [0.3, 0.4) is 0 Å². The van der Waals surface area contributed by atoms with Crippen molar-refractivity contribution in [2.75, 3.05) is 25.5 Å². The maximum Gasteiger partial charge on any atom is 0.251 e. The van der Waals surface area contributed by atoms with E-state index in [1.165, 1.54) is 6.21 Å². The van der Waals surface area contributed by atoms with Gasteiger partial charge in [0, 0.05) is 60.0 Å². The van der Waals surface area contributed by atoms with Gasteiger partial charge in [0.2, 0.25) is 0 Å². The van der Waals surface area contributed by atoms with Crippen LogP contribution in [0.4, 0.5) is 5.69 Å². The van der Waals surface area contributed by atoms with Crippen LogP contribution in [-0.2, 0) is 0 Å². The molecule has 0 unspecified atom stereocenters. The number of rotatable bonds is 7. The highest BCUT2D eigenvalue weighted by molar-refractivity contribution is 5.96. The number of aryl methyl sites for hydroxylation is 1. The third kappa shape index (κ3) is 6.67. The van der Waals surface area contributed by atoms with Gasteiger partial charge >= 0.3 is 0 Å². The average molecular weight is 474 g/mol. The topological polar surface area (TPSA) is 99.1 Å². The van der Waals surface area contributed by atoms with E-state index in [0.717, 1.165) is 54.0 Å². The molecule has 0 atom stereocenters. The highest BCUT2D eigenvalue weighted by atomic mass is 16.5. The van der Waals surface area contributed by atoms with E-state index in [2.05, 4.69) is 20.9 Å². The molecule has 0 spiro atoms. The van der Waals surface area contributed by atoms with Gasteiger partial charge < -0.3 is 26.1 Å². The highest BCUT2D eigenvalue weighted by Gasteiger charge is 2.18. The maximum atomic E-state index is 12.8. The largest absolute Gasteiger partial charge is 0.457 e. The number of piperidine rings is 1. The Bertz CT molecular complexity index is 1160. The monoisotopic (exact) mass is 473 g/mol. The Morgan fingerprint density at radius 1 is 1.09 bits per heavy atom. The number of carbonyl (C=O) groups is 1. The van der Waals surface area contributed by atoms with Gasteiger partial charge in [-0.2, -0.15) is 0 Å². The van der Waals surface area contributed by atoms with Crippen molar-refractivity contribution >= 4 is 17.8 Å². The van der Waals surface area contributed by atoms with Crippen molar-refractivity contribution in [3.05, 3.63) is 71.4 Å². The molecular weight excluding hydrogens is 438 g/mol. The minimum absolute atomic E-state index is 0.0234. The predicted molar refractivity (Wildman–Crippen MR) is 143 cm³/mol. The van der Waals surface area contributed by atoms with E-state index in [4.69, 9.17) is 10.1 Å². The molecule has 1 aliphatic heterocycles. The summed E-state index contributed by atoms with van der Waals surface area (Å²) in [5, 5.41) is 17.0. The van der Waals surface area contributed by atoms with E-state index in [-0.39, 0.29) is 11.9 Å². The number of ether oxygens (including phenoxy) is 1. The Morgan fingerprint density at radius 2 is 1.83 bits per heavy atom. The van der Waals surface area contributed by atoms with Crippen molar-refractivity contribution in [3.63, 3.8) is 0 Å². The van der Waals surface area contributed by atoms with Gasteiger partial charge in [-0.3, -0.25) is 9.78 Å². The fraction of sp³-hybridized carbons (Fsp3) is 0.321. The van der Waals surface area contributed by atoms with Gasteiger partial charge in [-0.1, -0.05) is 19.9 Å². The van der Waals surface area contributed by atoms with E-state index in [1.807, 2.05) is 70.3 Å². The Kier molecular flexibility index (Phi) is 9.38. The van der Waals surface area contributed by atoms with Crippen molar-refractivity contribution < 1.29 is 9.53 Å². The Labute approximate surface area is 207 Å². The second kappa shape index (κ2) is 12.7. The average Bonchev–Trinajstić information content (AvgIpc) is 2.90. The summed E-state index contributed by atoms with van der Waals surface area (Å²) < 4.78 is 6.03. The molecule has 1 amide bonds. The first kappa shape index (κ1) is 25.9. The second-order valence-corrected chi connectivity index (χ2v) is 8.15. The standard InChI is InChI=1S/C26H29N5O2.C2H6/c1-17-13-18(4-6-23(17)26(32)31-20-7-10-29-11-8-20)25-15-22(9-12-30-25)33-21-5-3-19(16-27)24(14-21)28-2;1-2/h3-6,9,12-16,20,27-29H,7-8,10-11H2,1-2H3,(H,31,32);1-2H3. The van der Waals surface area contributed by atoms with Crippen molar-refractivity contribution in [3.8, 4) is 22.8 Å². The molecule has 184 valence electrons. The molecule has 4 rings (SSSR count). The number of benzene rings is 2. The molecule has 1 aliphatic rings. The van der Waals surface area contributed by atoms with Crippen molar-refractivity contribution in [1.29, 1.82) is 5.41 Å². The number of hydrogen-bond acceptors (Lipinski definition) is 6. The molecule has 1 aromatic heterocycles. The number of hydrogen-bond donors (Lipinski definition) is 4. The molecule has 3 aromatic rings. The highest BCUT2D eigenvalue weighted by Crippen LogP contribution is 2.29. The zero-order chi connectivity index (χ0) is 25.2. The molecular formula is C28H35N5O2. The van der Waals surface area contributed by atoms with E-state index in [0.29, 0.717) is 17.1 Å².